The molecule has 0 radical (unpaired) electrons. The number of anilines is 2. The zero-order valence-corrected chi connectivity index (χ0v) is 16.2. The van der Waals surface area contributed by atoms with Crippen molar-refractivity contribution >= 4 is 23.3 Å². The van der Waals surface area contributed by atoms with Gasteiger partial charge < -0.3 is 25.4 Å². The summed E-state index contributed by atoms with van der Waals surface area (Å²) >= 11 is 0. The van der Waals surface area contributed by atoms with Crippen molar-refractivity contribution in [3.05, 3.63) is 23.8 Å². The second kappa shape index (κ2) is 11.5. The van der Waals surface area contributed by atoms with E-state index < -0.39 is 12.0 Å². The van der Waals surface area contributed by atoms with E-state index in [2.05, 4.69) is 29.4 Å². The van der Waals surface area contributed by atoms with Gasteiger partial charge in [0.1, 0.15) is 6.04 Å². The molecule has 146 valence electrons. The number of carboxylic acid groups (broad SMARTS) is 1. The molecule has 0 aliphatic rings. The first-order chi connectivity index (χ1) is 12.4. The van der Waals surface area contributed by atoms with Crippen molar-refractivity contribution in [2.24, 2.45) is 0 Å². The molecule has 0 aliphatic heterocycles. The molecule has 26 heavy (non-hydrogen) atoms. The molecule has 0 aliphatic carbocycles. The summed E-state index contributed by atoms with van der Waals surface area (Å²) in [6.45, 7) is 8.98. The quantitative estimate of drug-likeness (QED) is 0.492. The van der Waals surface area contributed by atoms with E-state index >= 15 is 0 Å². The Morgan fingerprint density at radius 1 is 1.27 bits per heavy atom. The van der Waals surface area contributed by atoms with Crippen molar-refractivity contribution in [1.29, 1.82) is 0 Å². The summed E-state index contributed by atoms with van der Waals surface area (Å²) in [6.07, 6.45) is 0.563. The molecule has 1 atom stereocenters. The van der Waals surface area contributed by atoms with Gasteiger partial charge in [0.15, 0.2) is 0 Å². The zero-order chi connectivity index (χ0) is 19.5. The number of nitrogens with one attached hydrogen (secondary N) is 2. The normalized spacial score (nSPS) is 11.8. The number of hydrogen-bond acceptors (Lipinski definition) is 5. The van der Waals surface area contributed by atoms with E-state index in [1.54, 1.807) is 7.11 Å². The second-order valence-corrected chi connectivity index (χ2v) is 6.12. The van der Waals surface area contributed by atoms with Crippen molar-refractivity contribution in [3.63, 3.8) is 0 Å². The average molecular weight is 365 g/mol. The Bertz CT molecular complexity index is 588. The Hall–Kier alpha value is -2.12. The molecule has 1 aromatic rings. The number of aliphatic carboxylic acids is 1. The Morgan fingerprint density at radius 3 is 2.50 bits per heavy atom. The minimum Gasteiger partial charge on any atom is -0.480 e. The first-order valence-corrected chi connectivity index (χ1v) is 9.03. The van der Waals surface area contributed by atoms with Gasteiger partial charge in [-0.2, -0.15) is 0 Å². The van der Waals surface area contributed by atoms with E-state index in [4.69, 9.17) is 4.74 Å². The molecule has 0 heterocycles. The van der Waals surface area contributed by atoms with Crippen LogP contribution in [0.25, 0.3) is 0 Å². The van der Waals surface area contributed by atoms with E-state index in [1.165, 1.54) is 0 Å². The fraction of sp³-hybridized carbons (Fsp3) is 0.579. The van der Waals surface area contributed by atoms with Crippen LogP contribution in [0.1, 0.15) is 32.3 Å². The second-order valence-electron chi connectivity index (χ2n) is 6.12. The number of rotatable bonds is 12. The number of amides is 1. The van der Waals surface area contributed by atoms with E-state index in [9.17, 15) is 14.7 Å². The maximum atomic E-state index is 12.2. The van der Waals surface area contributed by atoms with Crippen LogP contribution in [0.2, 0.25) is 0 Å². The number of carboxylic acids is 1. The minimum absolute atomic E-state index is 0.125. The topological polar surface area (TPSA) is 90.9 Å². The highest BCUT2D eigenvalue weighted by atomic mass is 16.5. The number of methoxy groups -OCH3 is 1. The lowest BCUT2D eigenvalue weighted by Gasteiger charge is -2.22. The van der Waals surface area contributed by atoms with Crippen molar-refractivity contribution in [1.82, 2.24) is 5.32 Å². The predicted molar refractivity (Wildman–Crippen MR) is 104 cm³/mol. The molecule has 0 aromatic heterocycles. The molecule has 1 amide bonds. The number of carbonyl (C=O) groups excluding carboxylic acids is 1. The van der Waals surface area contributed by atoms with Crippen molar-refractivity contribution in [3.8, 4) is 0 Å². The highest BCUT2D eigenvalue weighted by Gasteiger charge is 2.21. The number of benzene rings is 1. The van der Waals surface area contributed by atoms with Crippen LogP contribution < -0.4 is 15.5 Å². The van der Waals surface area contributed by atoms with Crippen molar-refractivity contribution in [2.45, 2.75) is 39.7 Å². The summed E-state index contributed by atoms with van der Waals surface area (Å²) in [5, 5.41) is 15.0. The largest absolute Gasteiger partial charge is 0.480 e. The summed E-state index contributed by atoms with van der Waals surface area (Å²) in [7, 11) is 1.59. The number of ether oxygens (including phenoxy) is 1. The van der Waals surface area contributed by atoms with Crippen molar-refractivity contribution < 1.29 is 19.4 Å². The summed E-state index contributed by atoms with van der Waals surface area (Å²) in [5.74, 6) is -1.36. The van der Waals surface area contributed by atoms with Gasteiger partial charge in [0.25, 0.3) is 0 Å². The highest BCUT2D eigenvalue weighted by Crippen LogP contribution is 2.22. The van der Waals surface area contributed by atoms with Crippen LogP contribution in [0.5, 0.6) is 0 Å². The number of carbonyl (C=O) groups is 2. The van der Waals surface area contributed by atoms with Crippen molar-refractivity contribution in [2.75, 3.05) is 43.6 Å². The summed E-state index contributed by atoms with van der Waals surface area (Å²) < 4.78 is 4.93. The average Bonchev–Trinajstić information content (AvgIpc) is 2.60. The fourth-order valence-electron chi connectivity index (χ4n) is 2.70. The maximum Gasteiger partial charge on any atom is 0.321 e. The van der Waals surface area contributed by atoms with Gasteiger partial charge in [0.2, 0.25) is 5.91 Å². The third-order valence-electron chi connectivity index (χ3n) is 4.22. The smallest absolute Gasteiger partial charge is 0.321 e. The monoisotopic (exact) mass is 365 g/mol. The van der Waals surface area contributed by atoms with Crippen LogP contribution in [-0.4, -0.2) is 56.4 Å². The van der Waals surface area contributed by atoms with Crippen LogP contribution in [0, 0.1) is 6.92 Å². The Morgan fingerprint density at radius 2 is 1.96 bits per heavy atom. The predicted octanol–water partition coefficient (Wildman–Crippen LogP) is 2.25. The molecule has 1 unspecified atom stereocenters. The lowest BCUT2D eigenvalue weighted by atomic mass is 10.1. The van der Waals surface area contributed by atoms with Crippen LogP contribution in [0.15, 0.2) is 18.2 Å². The van der Waals surface area contributed by atoms with E-state index in [1.807, 2.05) is 25.1 Å². The first-order valence-electron chi connectivity index (χ1n) is 9.03. The molecule has 0 saturated heterocycles. The zero-order valence-electron chi connectivity index (χ0n) is 16.2. The van der Waals surface area contributed by atoms with E-state index in [0.29, 0.717) is 25.3 Å². The van der Waals surface area contributed by atoms with Gasteiger partial charge in [-0.05, 0) is 57.5 Å². The molecule has 0 fully saturated rings. The summed E-state index contributed by atoms with van der Waals surface area (Å²) in [6, 6.07) is 4.94. The number of nitrogens with zero attached hydrogens (tertiary/aromatic N) is 1. The van der Waals surface area contributed by atoms with Crippen LogP contribution in [0.3, 0.4) is 0 Å². The van der Waals surface area contributed by atoms with Gasteiger partial charge in [-0.1, -0.05) is 0 Å². The molecule has 1 aromatic carbocycles. The molecule has 7 heteroatoms. The lowest BCUT2D eigenvalue weighted by molar-refractivity contribution is -0.141. The van der Waals surface area contributed by atoms with Crippen LogP contribution in [0.4, 0.5) is 11.4 Å². The molecule has 0 spiro atoms. The van der Waals surface area contributed by atoms with Gasteiger partial charge in [-0.15, -0.1) is 0 Å². The molecule has 0 saturated carbocycles. The maximum absolute atomic E-state index is 12.2. The SMILES string of the molecule is CCN(CC)c1ccc(NC(=O)CC(NCCCOC)C(=O)O)c(C)c1. The van der Waals surface area contributed by atoms with Crippen LogP contribution in [-0.2, 0) is 14.3 Å². The highest BCUT2D eigenvalue weighted by molar-refractivity contribution is 5.94. The molecule has 0 bridgehead atoms. The summed E-state index contributed by atoms with van der Waals surface area (Å²) in [5.41, 5.74) is 2.76. The van der Waals surface area contributed by atoms with Gasteiger partial charge in [0, 0.05) is 38.2 Å². The fourth-order valence-corrected chi connectivity index (χ4v) is 2.70. The number of aryl methyl sites for hydroxylation is 1. The molecule has 1 rings (SSSR count). The Labute approximate surface area is 155 Å². The minimum atomic E-state index is -1.04. The summed E-state index contributed by atoms with van der Waals surface area (Å²) in [4.78, 5) is 25.8. The van der Waals surface area contributed by atoms with Gasteiger partial charge >= 0.3 is 5.97 Å². The first kappa shape index (κ1) is 21.9. The van der Waals surface area contributed by atoms with E-state index in [-0.39, 0.29) is 12.3 Å². The standard InChI is InChI=1S/C19H31N3O4/c1-5-22(6-2)15-8-9-16(14(3)12-15)21-18(23)13-17(19(24)25)20-10-7-11-26-4/h8-9,12,17,20H,5-7,10-11,13H2,1-4H3,(H,21,23)(H,24,25). The molecule has 7 nitrogen and oxygen atoms in total. The Kier molecular flexibility index (Phi) is 9.69. The van der Waals surface area contributed by atoms with E-state index in [0.717, 1.165) is 24.3 Å². The van der Waals surface area contributed by atoms with Gasteiger partial charge in [-0.25, -0.2) is 0 Å². The molecular weight excluding hydrogens is 334 g/mol. The number of hydrogen-bond donors (Lipinski definition) is 3. The molecule has 3 N–H and O–H groups in total. The Balaban J connectivity index is 2.66. The van der Waals surface area contributed by atoms with Gasteiger partial charge in [-0.3, -0.25) is 9.59 Å². The third-order valence-corrected chi connectivity index (χ3v) is 4.22. The lowest BCUT2D eigenvalue weighted by Crippen LogP contribution is -2.40. The molecular formula is C19H31N3O4. The van der Waals surface area contributed by atoms with Gasteiger partial charge in [0.05, 0.1) is 6.42 Å². The van der Waals surface area contributed by atoms with Crippen LogP contribution >= 0.6 is 0 Å². The third kappa shape index (κ3) is 7.01.